The SMILES string of the molecule is CC(Nc1nc(Cl)c(-c2cncc(S(N)(=O)=O)c2)c2cccc(-c3ccccc3)c12)c1ccccn1. The van der Waals surface area contributed by atoms with E-state index in [9.17, 15) is 8.42 Å². The van der Waals surface area contributed by atoms with Crippen LogP contribution in [0.25, 0.3) is 33.0 Å². The second kappa shape index (κ2) is 9.66. The molecule has 0 saturated heterocycles. The zero-order valence-corrected chi connectivity index (χ0v) is 20.8. The number of pyridine rings is 3. The molecular formula is C27H22ClN5O2S. The molecule has 0 aliphatic rings. The lowest BCUT2D eigenvalue weighted by Gasteiger charge is -2.20. The minimum atomic E-state index is -3.95. The molecule has 36 heavy (non-hydrogen) atoms. The second-order valence-electron chi connectivity index (χ2n) is 8.30. The van der Waals surface area contributed by atoms with Gasteiger partial charge >= 0.3 is 0 Å². The highest BCUT2D eigenvalue weighted by Crippen LogP contribution is 2.42. The smallest absolute Gasteiger partial charge is 0.239 e. The molecule has 0 spiro atoms. The van der Waals surface area contributed by atoms with Crippen LogP contribution in [0.4, 0.5) is 5.82 Å². The molecule has 9 heteroatoms. The van der Waals surface area contributed by atoms with Gasteiger partial charge in [0.15, 0.2) is 0 Å². The molecule has 2 aromatic carbocycles. The van der Waals surface area contributed by atoms with Gasteiger partial charge in [-0.15, -0.1) is 0 Å². The third kappa shape index (κ3) is 4.66. The first-order valence-electron chi connectivity index (χ1n) is 11.2. The number of sulfonamides is 1. The predicted molar refractivity (Wildman–Crippen MR) is 143 cm³/mol. The van der Waals surface area contributed by atoms with Crippen molar-refractivity contribution < 1.29 is 8.42 Å². The number of hydrogen-bond donors (Lipinski definition) is 2. The molecule has 5 rings (SSSR count). The van der Waals surface area contributed by atoms with Gasteiger partial charge in [-0.2, -0.15) is 0 Å². The van der Waals surface area contributed by atoms with Gasteiger partial charge in [0.1, 0.15) is 15.9 Å². The van der Waals surface area contributed by atoms with Crippen LogP contribution >= 0.6 is 11.6 Å². The Kier molecular flexibility index (Phi) is 6.40. The zero-order valence-electron chi connectivity index (χ0n) is 19.3. The fourth-order valence-corrected chi connectivity index (χ4v) is 4.99. The first-order chi connectivity index (χ1) is 17.3. The third-order valence-corrected chi connectivity index (χ3v) is 7.04. The quantitative estimate of drug-likeness (QED) is 0.275. The topological polar surface area (TPSA) is 111 Å². The maximum atomic E-state index is 12.0. The average Bonchev–Trinajstić information content (AvgIpc) is 2.89. The number of aromatic nitrogens is 3. The predicted octanol–water partition coefficient (Wildman–Crippen LogP) is 5.83. The summed E-state index contributed by atoms with van der Waals surface area (Å²) in [5, 5.41) is 10.7. The van der Waals surface area contributed by atoms with Crippen LogP contribution in [0.2, 0.25) is 5.15 Å². The number of primary sulfonamides is 1. The summed E-state index contributed by atoms with van der Waals surface area (Å²) < 4.78 is 24.0. The van der Waals surface area contributed by atoms with Gasteiger partial charge < -0.3 is 5.32 Å². The molecule has 0 saturated carbocycles. The maximum Gasteiger partial charge on any atom is 0.239 e. The fraction of sp³-hybridized carbons (Fsp3) is 0.0741. The molecule has 1 atom stereocenters. The summed E-state index contributed by atoms with van der Waals surface area (Å²) in [6, 6.07) is 22.9. The average molecular weight is 516 g/mol. The Morgan fingerprint density at radius 1 is 0.944 bits per heavy atom. The van der Waals surface area contributed by atoms with Crippen molar-refractivity contribution in [1.29, 1.82) is 0 Å². The number of halogens is 1. The Balaban J connectivity index is 1.78. The molecule has 0 amide bonds. The monoisotopic (exact) mass is 515 g/mol. The first-order valence-corrected chi connectivity index (χ1v) is 13.1. The van der Waals surface area contributed by atoms with Gasteiger partial charge in [-0.05, 0) is 41.6 Å². The zero-order chi connectivity index (χ0) is 25.3. The number of nitrogens with two attached hydrogens (primary N) is 1. The van der Waals surface area contributed by atoms with Crippen molar-refractivity contribution in [2.75, 3.05) is 5.32 Å². The second-order valence-corrected chi connectivity index (χ2v) is 10.2. The van der Waals surface area contributed by atoms with Crippen molar-refractivity contribution in [2.24, 2.45) is 5.14 Å². The van der Waals surface area contributed by atoms with E-state index in [1.807, 2.05) is 73.7 Å². The maximum absolute atomic E-state index is 12.0. The van der Waals surface area contributed by atoms with Gasteiger partial charge in [0.2, 0.25) is 10.0 Å². The van der Waals surface area contributed by atoms with Crippen molar-refractivity contribution in [3.05, 3.63) is 102 Å². The van der Waals surface area contributed by atoms with E-state index in [0.29, 0.717) is 16.9 Å². The van der Waals surface area contributed by atoms with E-state index in [2.05, 4.69) is 15.3 Å². The highest BCUT2D eigenvalue weighted by Gasteiger charge is 2.21. The molecule has 3 heterocycles. The van der Waals surface area contributed by atoms with Crippen molar-refractivity contribution in [2.45, 2.75) is 17.9 Å². The van der Waals surface area contributed by atoms with Crippen LogP contribution < -0.4 is 10.5 Å². The van der Waals surface area contributed by atoms with E-state index in [1.165, 1.54) is 12.3 Å². The van der Waals surface area contributed by atoms with E-state index in [1.54, 1.807) is 12.4 Å². The van der Waals surface area contributed by atoms with Crippen LogP contribution in [0.5, 0.6) is 0 Å². The summed E-state index contributed by atoms with van der Waals surface area (Å²) in [5.74, 6) is 0.590. The van der Waals surface area contributed by atoms with Gasteiger partial charge in [0.25, 0.3) is 0 Å². The molecular weight excluding hydrogens is 494 g/mol. The normalized spacial score (nSPS) is 12.4. The molecule has 1 unspecified atom stereocenters. The molecule has 3 aromatic heterocycles. The number of rotatable bonds is 6. The third-order valence-electron chi connectivity index (χ3n) is 5.89. The first kappa shape index (κ1) is 23.9. The van der Waals surface area contributed by atoms with Crippen LogP contribution in [0.3, 0.4) is 0 Å². The van der Waals surface area contributed by atoms with E-state index in [-0.39, 0.29) is 16.1 Å². The van der Waals surface area contributed by atoms with Crippen LogP contribution in [0.1, 0.15) is 18.7 Å². The summed E-state index contributed by atoms with van der Waals surface area (Å²) >= 11 is 6.76. The van der Waals surface area contributed by atoms with E-state index < -0.39 is 10.0 Å². The molecule has 180 valence electrons. The number of nitrogens with zero attached hydrogens (tertiary/aromatic N) is 3. The van der Waals surface area contributed by atoms with Crippen LogP contribution in [0, 0.1) is 0 Å². The highest BCUT2D eigenvalue weighted by atomic mass is 35.5. The fourth-order valence-electron chi connectivity index (χ4n) is 4.20. The summed E-state index contributed by atoms with van der Waals surface area (Å²) in [5.41, 5.74) is 3.87. The van der Waals surface area contributed by atoms with Gasteiger partial charge in [0.05, 0.1) is 11.7 Å². The van der Waals surface area contributed by atoms with E-state index in [0.717, 1.165) is 27.6 Å². The lowest BCUT2D eigenvalue weighted by molar-refractivity contribution is 0.597. The number of anilines is 1. The molecule has 0 aliphatic carbocycles. The van der Waals surface area contributed by atoms with Crippen molar-refractivity contribution in [3.8, 4) is 22.3 Å². The lowest BCUT2D eigenvalue weighted by atomic mass is 9.94. The number of fused-ring (bicyclic) bond motifs is 1. The molecule has 0 radical (unpaired) electrons. The van der Waals surface area contributed by atoms with Gasteiger partial charge in [-0.3, -0.25) is 9.97 Å². The summed E-state index contributed by atoms with van der Waals surface area (Å²) in [6.07, 6.45) is 4.51. The van der Waals surface area contributed by atoms with Crippen molar-refractivity contribution >= 4 is 38.2 Å². The van der Waals surface area contributed by atoms with Crippen LogP contribution in [-0.4, -0.2) is 23.4 Å². The van der Waals surface area contributed by atoms with Gasteiger partial charge in [-0.25, -0.2) is 18.5 Å². The Morgan fingerprint density at radius 3 is 2.44 bits per heavy atom. The standard InChI is InChI=1S/C27H22ClN5O2S/c1-17(23-12-5-6-13-31-23)32-27-25-21(18-8-3-2-4-9-18)10-7-11-22(25)24(26(28)33-27)19-14-20(16-30-15-19)36(29,34)35/h2-17H,1H3,(H,32,33)(H2,29,34,35). The molecule has 3 N–H and O–H groups in total. The largest absolute Gasteiger partial charge is 0.361 e. The van der Waals surface area contributed by atoms with Crippen molar-refractivity contribution in [1.82, 2.24) is 15.0 Å². The highest BCUT2D eigenvalue weighted by molar-refractivity contribution is 7.89. The minimum Gasteiger partial charge on any atom is -0.361 e. The Hall–Kier alpha value is -3.85. The van der Waals surface area contributed by atoms with Crippen LogP contribution in [0.15, 0.2) is 96.3 Å². The number of nitrogens with one attached hydrogen (secondary N) is 1. The van der Waals surface area contributed by atoms with E-state index in [4.69, 9.17) is 21.7 Å². The summed E-state index contributed by atoms with van der Waals surface area (Å²) in [7, 11) is -3.95. The summed E-state index contributed by atoms with van der Waals surface area (Å²) in [4.78, 5) is 13.2. The van der Waals surface area contributed by atoms with Crippen molar-refractivity contribution in [3.63, 3.8) is 0 Å². The molecule has 7 nitrogen and oxygen atoms in total. The Labute approximate surface area is 214 Å². The number of benzene rings is 2. The van der Waals surface area contributed by atoms with Gasteiger partial charge in [0, 0.05) is 35.1 Å². The van der Waals surface area contributed by atoms with E-state index >= 15 is 0 Å². The molecule has 0 bridgehead atoms. The summed E-state index contributed by atoms with van der Waals surface area (Å²) in [6.45, 7) is 2.00. The Bertz CT molecular complexity index is 1660. The number of hydrogen-bond acceptors (Lipinski definition) is 6. The Morgan fingerprint density at radius 2 is 1.72 bits per heavy atom. The van der Waals surface area contributed by atoms with Gasteiger partial charge in [-0.1, -0.05) is 66.2 Å². The molecule has 0 fully saturated rings. The van der Waals surface area contributed by atoms with Crippen LogP contribution in [-0.2, 0) is 10.0 Å². The minimum absolute atomic E-state index is 0.102. The molecule has 5 aromatic rings. The lowest BCUT2D eigenvalue weighted by Crippen LogP contribution is -2.12. The molecule has 0 aliphatic heterocycles.